The minimum Gasteiger partial charge on any atom is -0.481 e. The summed E-state index contributed by atoms with van der Waals surface area (Å²) in [4.78, 5) is 12.8. The number of halogens is 2. The number of hydrogen-bond donors (Lipinski definition) is 1. The SMILES string of the molecule is O=C(O)CCN(Cc1ccc(F)c(Br)c1)c1ccccc1. The largest absolute Gasteiger partial charge is 0.481 e. The fourth-order valence-corrected chi connectivity index (χ4v) is 2.45. The van der Waals surface area contributed by atoms with Crippen molar-refractivity contribution in [2.45, 2.75) is 13.0 Å². The summed E-state index contributed by atoms with van der Waals surface area (Å²) in [6.45, 7) is 0.921. The Bertz CT molecular complexity index is 619. The number of carbonyl (C=O) groups is 1. The molecule has 1 N–H and O–H groups in total. The zero-order chi connectivity index (χ0) is 15.2. The fourth-order valence-electron chi connectivity index (χ4n) is 2.03. The molecule has 0 saturated carbocycles. The highest BCUT2D eigenvalue weighted by molar-refractivity contribution is 9.10. The molecule has 0 aliphatic carbocycles. The van der Waals surface area contributed by atoms with Crippen molar-refractivity contribution in [2.75, 3.05) is 11.4 Å². The van der Waals surface area contributed by atoms with Crippen LogP contribution in [0.1, 0.15) is 12.0 Å². The lowest BCUT2D eigenvalue weighted by molar-refractivity contribution is -0.136. The van der Waals surface area contributed by atoms with Crippen molar-refractivity contribution < 1.29 is 14.3 Å². The average molecular weight is 352 g/mol. The maximum Gasteiger partial charge on any atom is 0.305 e. The lowest BCUT2D eigenvalue weighted by atomic mass is 10.2. The number of anilines is 1. The van der Waals surface area contributed by atoms with E-state index < -0.39 is 5.97 Å². The Hall–Kier alpha value is -1.88. The molecule has 110 valence electrons. The first-order chi connectivity index (χ1) is 10.1. The van der Waals surface area contributed by atoms with Gasteiger partial charge in [-0.25, -0.2) is 4.39 Å². The van der Waals surface area contributed by atoms with Gasteiger partial charge in [-0.1, -0.05) is 24.3 Å². The summed E-state index contributed by atoms with van der Waals surface area (Å²) >= 11 is 3.17. The lowest BCUT2D eigenvalue weighted by Crippen LogP contribution is -2.25. The standard InChI is InChI=1S/C16H15BrFNO2/c17-14-10-12(6-7-15(14)18)11-19(9-8-16(20)21)13-4-2-1-3-5-13/h1-7,10H,8-9,11H2,(H,20,21). The predicted octanol–water partition coefficient (Wildman–Crippen LogP) is 4.07. The Morgan fingerprint density at radius 1 is 1.19 bits per heavy atom. The van der Waals surface area contributed by atoms with Gasteiger partial charge in [0.1, 0.15) is 5.82 Å². The lowest BCUT2D eigenvalue weighted by Gasteiger charge is -2.24. The van der Waals surface area contributed by atoms with E-state index in [9.17, 15) is 9.18 Å². The molecule has 0 aliphatic rings. The van der Waals surface area contributed by atoms with Crippen molar-refractivity contribution in [1.29, 1.82) is 0 Å². The van der Waals surface area contributed by atoms with Crippen molar-refractivity contribution in [3.8, 4) is 0 Å². The van der Waals surface area contributed by atoms with Crippen LogP contribution in [0.5, 0.6) is 0 Å². The molecular weight excluding hydrogens is 337 g/mol. The number of carboxylic acids is 1. The van der Waals surface area contributed by atoms with Crippen LogP contribution in [-0.4, -0.2) is 17.6 Å². The highest BCUT2D eigenvalue weighted by Gasteiger charge is 2.10. The maximum atomic E-state index is 13.3. The molecule has 0 saturated heterocycles. The van der Waals surface area contributed by atoms with E-state index in [0.29, 0.717) is 17.6 Å². The summed E-state index contributed by atoms with van der Waals surface area (Å²) < 4.78 is 13.7. The minimum absolute atomic E-state index is 0.0528. The van der Waals surface area contributed by atoms with Gasteiger partial charge in [0.05, 0.1) is 10.9 Å². The van der Waals surface area contributed by atoms with Gasteiger partial charge in [0.15, 0.2) is 0 Å². The second kappa shape index (κ2) is 7.22. The number of para-hydroxylation sites is 1. The monoisotopic (exact) mass is 351 g/mol. The minimum atomic E-state index is -0.837. The van der Waals surface area contributed by atoms with Gasteiger partial charge >= 0.3 is 5.97 Å². The van der Waals surface area contributed by atoms with E-state index in [4.69, 9.17) is 5.11 Å². The Morgan fingerprint density at radius 3 is 2.52 bits per heavy atom. The Labute approximate surface area is 131 Å². The van der Waals surface area contributed by atoms with Gasteiger partial charge in [-0.3, -0.25) is 4.79 Å². The van der Waals surface area contributed by atoms with Gasteiger partial charge in [0, 0.05) is 18.8 Å². The topological polar surface area (TPSA) is 40.5 Å². The number of hydrogen-bond acceptors (Lipinski definition) is 2. The van der Waals surface area contributed by atoms with Gasteiger partial charge < -0.3 is 10.0 Å². The van der Waals surface area contributed by atoms with Gasteiger partial charge in [-0.05, 0) is 45.8 Å². The van der Waals surface area contributed by atoms with Crippen molar-refractivity contribution in [3.05, 3.63) is 64.4 Å². The molecule has 0 aromatic heterocycles. The molecule has 3 nitrogen and oxygen atoms in total. The second-order valence-electron chi connectivity index (χ2n) is 4.65. The van der Waals surface area contributed by atoms with Crippen LogP contribution in [-0.2, 0) is 11.3 Å². The third-order valence-electron chi connectivity index (χ3n) is 3.07. The first-order valence-corrected chi connectivity index (χ1v) is 7.31. The van der Waals surface area contributed by atoms with Crippen molar-refractivity contribution in [1.82, 2.24) is 0 Å². The highest BCUT2D eigenvalue weighted by Crippen LogP contribution is 2.21. The molecule has 0 aliphatic heterocycles. The maximum absolute atomic E-state index is 13.3. The van der Waals surface area contributed by atoms with Gasteiger partial charge in [0.2, 0.25) is 0 Å². The predicted molar refractivity (Wildman–Crippen MR) is 83.8 cm³/mol. The van der Waals surface area contributed by atoms with Crippen LogP contribution in [0, 0.1) is 5.82 Å². The normalized spacial score (nSPS) is 10.4. The van der Waals surface area contributed by atoms with Crippen LogP contribution in [0.15, 0.2) is 53.0 Å². The summed E-state index contributed by atoms with van der Waals surface area (Å²) in [5.41, 5.74) is 1.86. The summed E-state index contributed by atoms with van der Waals surface area (Å²) in [6.07, 6.45) is 0.0528. The Kier molecular flexibility index (Phi) is 5.33. The molecule has 0 heterocycles. The fraction of sp³-hybridized carbons (Fsp3) is 0.188. The van der Waals surface area contributed by atoms with Crippen LogP contribution >= 0.6 is 15.9 Å². The van der Waals surface area contributed by atoms with E-state index in [2.05, 4.69) is 15.9 Å². The van der Waals surface area contributed by atoms with Gasteiger partial charge in [-0.2, -0.15) is 0 Å². The van der Waals surface area contributed by atoms with Crippen LogP contribution in [0.2, 0.25) is 0 Å². The van der Waals surface area contributed by atoms with Crippen LogP contribution in [0.25, 0.3) is 0 Å². The highest BCUT2D eigenvalue weighted by atomic mass is 79.9. The number of aliphatic carboxylic acids is 1. The molecule has 0 amide bonds. The molecule has 2 rings (SSSR count). The molecule has 0 bridgehead atoms. The van der Waals surface area contributed by atoms with Crippen LogP contribution in [0.3, 0.4) is 0 Å². The number of benzene rings is 2. The third-order valence-corrected chi connectivity index (χ3v) is 3.68. The first kappa shape index (κ1) is 15.5. The number of rotatable bonds is 6. The zero-order valence-electron chi connectivity index (χ0n) is 11.3. The summed E-state index contributed by atoms with van der Waals surface area (Å²) in [6, 6.07) is 14.4. The summed E-state index contributed by atoms with van der Waals surface area (Å²) in [7, 11) is 0. The van der Waals surface area contributed by atoms with E-state index in [0.717, 1.165) is 11.3 Å². The molecule has 2 aromatic carbocycles. The quantitative estimate of drug-likeness (QED) is 0.852. The van der Waals surface area contributed by atoms with E-state index in [1.165, 1.54) is 6.07 Å². The van der Waals surface area contributed by atoms with Gasteiger partial charge in [0.25, 0.3) is 0 Å². The van der Waals surface area contributed by atoms with Crippen molar-refractivity contribution in [3.63, 3.8) is 0 Å². The van der Waals surface area contributed by atoms with Crippen molar-refractivity contribution in [2.24, 2.45) is 0 Å². The molecule has 0 fully saturated rings. The smallest absolute Gasteiger partial charge is 0.305 e. The van der Waals surface area contributed by atoms with Gasteiger partial charge in [-0.15, -0.1) is 0 Å². The molecule has 21 heavy (non-hydrogen) atoms. The number of nitrogens with zero attached hydrogens (tertiary/aromatic N) is 1. The third kappa shape index (κ3) is 4.56. The molecule has 0 atom stereocenters. The van der Waals surface area contributed by atoms with E-state index >= 15 is 0 Å². The first-order valence-electron chi connectivity index (χ1n) is 6.52. The summed E-state index contributed by atoms with van der Waals surface area (Å²) in [5.74, 6) is -1.15. The molecule has 5 heteroatoms. The second-order valence-corrected chi connectivity index (χ2v) is 5.50. The molecule has 0 spiro atoms. The average Bonchev–Trinajstić information content (AvgIpc) is 2.48. The molecule has 0 unspecified atom stereocenters. The van der Waals surface area contributed by atoms with Crippen LogP contribution in [0.4, 0.5) is 10.1 Å². The Balaban J connectivity index is 2.18. The van der Waals surface area contributed by atoms with E-state index in [1.54, 1.807) is 12.1 Å². The number of carboxylic acid groups (broad SMARTS) is 1. The summed E-state index contributed by atoms with van der Waals surface area (Å²) in [5, 5.41) is 8.87. The van der Waals surface area contributed by atoms with E-state index in [1.807, 2.05) is 35.2 Å². The van der Waals surface area contributed by atoms with Crippen molar-refractivity contribution >= 4 is 27.6 Å². The molecular formula is C16H15BrFNO2. The van der Waals surface area contributed by atoms with E-state index in [-0.39, 0.29) is 12.2 Å². The molecule has 0 radical (unpaired) electrons. The Morgan fingerprint density at radius 2 is 1.90 bits per heavy atom. The molecule has 2 aromatic rings. The zero-order valence-corrected chi connectivity index (χ0v) is 12.9. The van der Waals surface area contributed by atoms with Crippen LogP contribution < -0.4 is 4.90 Å².